The van der Waals surface area contributed by atoms with Gasteiger partial charge in [0.05, 0.1) is 6.04 Å². The first kappa shape index (κ1) is 27.9. The number of benzene rings is 2. The minimum atomic E-state index is -1.33. The molecule has 0 radical (unpaired) electrons. The Balaban J connectivity index is 0.000000392. The second-order valence-corrected chi connectivity index (χ2v) is 10.4. The molecule has 0 aromatic heterocycles. The first-order valence-electron chi connectivity index (χ1n) is 12.4. The highest BCUT2D eigenvalue weighted by Crippen LogP contribution is 2.48. The van der Waals surface area contributed by atoms with Crippen molar-refractivity contribution in [2.75, 3.05) is 6.54 Å². The van der Waals surface area contributed by atoms with Crippen LogP contribution in [0.1, 0.15) is 68.5 Å². The van der Waals surface area contributed by atoms with E-state index in [1.54, 1.807) is 6.92 Å². The predicted octanol–water partition coefficient (Wildman–Crippen LogP) is 7.09. The highest BCUT2D eigenvalue weighted by Gasteiger charge is 2.44. The van der Waals surface area contributed by atoms with Crippen molar-refractivity contribution >= 4 is 40.9 Å². The first-order chi connectivity index (χ1) is 17.2. The second kappa shape index (κ2) is 13.1. The van der Waals surface area contributed by atoms with Crippen LogP contribution in [0, 0.1) is 11.8 Å². The van der Waals surface area contributed by atoms with Crippen molar-refractivity contribution in [3.8, 4) is 0 Å². The summed E-state index contributed by atoms with van der Waals surface area (Å²) in [5.41, 5.74) is 2.33. The molecule has 192 valence electrons. The Bertz CT molecular complexity index is 1080. The van der Waals surface area contributed by atoms with E-state index in [0.717, 1.165) is 23.6 Å². The number of nitrogens with zero attached hydrogens (tertiary/aromatic N) is 1. The summed E-state index contributed by atoms with van der Waals surface area (Å²) < 4.78 is 0. The maximum Gasteiger partial charge on any atom is 0.372 e. The molecule has 7 heteroatoms. The van der Waals surface area contributed by atoms with Crippen LogP contribution >= 0.6 is 23.2 Å². The van der Waals surface area contributed by atoms with Gasteiger partial charge in [0, 0.05) is 34.8 Å². The van der Waals surface area contributed by atoms with Gasteiger partial charge in [-0.05, 0) is 73.4 Å². The number of rotatable bonds is 9. The minimum absolute atomic E-state index is 0.00454. The van der Waals surface area contributed by atoms with E-state index in [1.165, 1.54) is 18.4 Å². The van der Waals surface area contributed by atoms with Crippen LogP contribution < -0.4 is 0 Å². The van der Waals surface area contributed by atoms with E-state index < -0.39 is 11.8 Å². The molecular weight excluding hydrogens is 497 g/mol. The Morgan fingerprint density at radius 1 is 1.08 bits per heavy atom. The summed E-state index contributed by atoms with van der Waals surface area (Å²) in [6.45, 7) is 6.47. The molecule has 5 nitrogen and oxygen atoms in total. The van der Waals surface area contributed by atoms with Crippen molar-refractivity contribution < 1.29 is 19.5 Å². The zero-order valence-corrected chi connectivity index (χ0v) is 22.0. The standard InChI is InChI=1S/C24H25Cl2NO.C5H8O3/c1-2-4-19-14-22(18-5-3-6-21(26)13-18)23(17-9-11-20(25)12-10-17)27(24(19)28)15-16-7-8-16;1-2-3-4(6)5(7)8/h2-3,5-6,9-13,16,19,22-23H,1,4,7-8,14-15H2;2-3H2,1H3,(H,7,8)/t19?,22-,23-;/m1./s1. The topological polar surface area (TPSA) is 74.7 Å². The van der Waals surface area contributed by atoms with Crippen LogP contribution in [0.2, 0.25) is 10.0 Å². The third-order valence-corrected chi connectivity index (χ3v) is 7.18. The minimum Gasteiger partial charge on any atom is -0.476 e. The van der Waals surface area contributed by atoms with E-state index in [0.29, 0.717) is 23.8 Å². The molecule has 3 atom stereocenters. The Hall–Kier alpha value is -2.63. The molecule has 1 N–H and O–H groups in total. The lowest BCUT2D eigenvalue weighted by Gasteiger charge is -2.45. The zero-order chi connectivity index (χ0) is 26.2. The van der Waals surface area contributed by atoms with Crippen molar-refractivity contribution in [2.24, 2.45) is 11.8 Å². The maximum atomic E-state index is 13.4. The van der Waals surface area contributed by atoms with Crippen LogP contribution in [0.15, 0.2) is 61.2 Å². The van der Waals surface area contributed by atoms with Crippen LogP contribution in [0.4, 0.5) is 0 Å². The quantitative estimate of drug-likeness (QED) is 0.277. The zero-order valence-electron chi connectivity index (χ0n) is 20.5. The van der Waals surface area contributed by atoms with Gasteiger partial charge in [0.15, 0.2) is 0 Å². The van der Waals surface area contributed by atoms with E-state index in [2.05, 4.69) is 29.7 Å². The molecular formula is C29H33Cl2NO4. The average molecular weight is 530 g/mol. The van der Waals surface area contributed by atoms with Gasteiger partial charge in [-0.15, -0.1) is 6.58 Å². The summed E-state index contributed by atoms with van der Waals surface area (Å²) in [6, 6.07) is 16.0. The number of hydrogen-bond acceptors (Lipinski definition) is 3. The Labute approximate surface area is 223 Å². The van der Waals surface area contributed by atoms with E-state index in [1.807, 2.05) is 36.4 Å². The number of carboxylic acid groups (broad SMARTS) is 1. The first-order valence-corrected chi connectivity index (χ1v) is 13.2. The molecule has 0 spiro atoms. The number of carboxylic acids is 1. The van der Waals surface area contributed by atoms with Gasteiger partial charge in [-0.25, -0.2) is 4.79 Å². The summed E-state index contributed by atoms with van der Waals surface area (Å²) in [5, 5.41) is 9.41. The van der Waals surface area contributed by atoms with Gasteiger partial charge in [0.2, 0.25) is 11.7 Å². The second-order valence-electron chi connectivity index (χ2n) is 9.53. The lowest BCUT2D eigenvalue weighted by atomic mass is 9.75. The van der Waals surface area contributed by atoms with Crippen LogP contribution in [-0.4, -0.2) is 34.2 Å². The molecule has 1 saturated heterocycles. The number of piperidine rings is 1. The van der Waals surface area contributed by atoms with Crippen molar-refractivity contribution in [3.63, 3.8) is 0 Å². The summed E-state index contributed by atoms with van der Waals surface area (Å²) in [6.07, 6.45) is 6.57. The van der Waals surface area contributed by atoms with Crippen LogP contribution in [0.25, 0.3) is 0 Å². The van der Waals surface area contributed by atoms with Gasteiger partial charge in [-0.2, -0.15) is 0 Å². The fourth-order valence-corrected chi connectivity index (χ4v) is 5.09. The van der Waals surface area contributed by atoms with Gasteiger partial charge in [0.1, 0.15) is 0 Å². The Morgan fingerprint density at radius 2 is 1.78 bits per heavy atom. The number of Topliss-reactive ketones (excluding diaryl/α,β-unsaturated/α-hetero) is 1. The molecule has 1 amide bonds. The number of aliphatic carboxylic acids is 1. The fraction of sp³-hybridized carbons (Fsp3) is 0.414. The molecule has 4 rings (SSSR count). The largest absolute Gasteiger partial charge is 0.476 e. The molecule has 2 aromatic rings. The van der Waals surface area contributed by atoms with Gasteiger partial charge < -0.3 is 10.0 Å². The Morgan fingerprint density at radius 3 is 2.31 bits per heavy atom. The van der Waals surface area contributed by atoms with Crippen LogP contribution in [0.5, 0.6) is 0 Å². The molecule has 2 aromatic carbocycles. The van der Waals surface area contributed by atoms with E-state index in [9.17, 15) is 14.4 Å². The molecule has 36 heavy (non-hydrogen) atoms. The van der Waals surface area contributed by atoms with E-state index in [-0.39, 0.29) is 30.2 Å². The third-order valence-electron chi connectivity index (χ3n) is 6.69. The third kappa shape index (κ3) is 7.44. The summed E-state index contributed by atoms with van der Waals surface area (Å²) >= 11 is 12.5. The van der Waals surface area contributed by atoms with Crippen molar-refractivity contribution in [1.29, 1.82) is 0 Å². The average Bonchev–Trinajstić information content (AvgIpc) is 3.67. The highest BCUT2D eigenvalue weighted by atomic mass is 35.5. The number of likely N-dealkylation sites (tertiary alicyclic amines) is 1. The summed E-state index contributed by atoms with van der Waals surface area (Å²) in [7, 11) is 0. The monoisotopic (exact) mass is 529 g/mol. The number of carbonyl (C=O) groups excluding carboxylic acids is 2. The van der Waals surface area contributed by atoms with Crippen molar-refractivity contribution in [2.45, 2.75) is 57.4 Å². The number of ketones is 1. The summed E-state index contributed by atoms with van der Waals surface area (Å²) in [5.74, 6) is -0.976. The number of halogens is 2. The predicted molar refractivity (Wildman–Crippen MR) is 143 cm³/mol. The lowest BCUT2D eigenvalue weighted by molar-refractivity contribution is -0.149. The van der Waals surface area contributed by atoms with E-state index in [4.69, 9.17) is 28.3 Å². The highest BCUT2D eigenvalue weighted by molar-refractivity contribution is 6.32. The molecule has 1 aliphatic carbocycles. The van der Waals surface area contributed by atoms with Crippen LogP contribution in [-0.2, 0) is 14.4 Å². The van der Waals surface area contributed by atoms with Gasteiger partial charge in [0.25, 0.3) is 0 Å². The van der Waals surface area contributed by atoms with Gasteiger partial charge >= 0.3 is 5.97 Å². The number of hydrogen-bond donors (Lipinski definition) is 1. The van der Waals surface area contributed by atoms with Crippen molar-refractivity contribution in [1.82, 2.24) is 4.90 Å². The molecule has 1 aliphatic heterocycles. The molecule has 1 heterocycles. The van der Waals surface area contributed by atoms with Crippen molar-refractivity contribution in [3.05, 3.63) is 82.4 Å². The van der Waals surface area contributed by atoms with Crippen LogP contribution in [0.3, 0.4) is 0 Å². The Kier molecular flexibility index (Phi) is 10.1. The molecule has 0 bridgehead atoms. The van der Waals surface area contributed by atoms with E-state index >= 15 is 0 Å². The lowest BCUT2D eigenvalue weighted by Crippen LogP contribution is -2.47. The van der Waals surface area contributed by atoms with Gasteiger partial charge in [-0.3, -0.25) is 9.59 Å². The maximum absolute atomic E-state index is 13.4. The van der Waals surface area contributed by atoms with Gasteiger partial charge in [-0.1, -0.05) is 60.5 Å². The normalized spacial score (nSPS) is 21.4. The number of amides is 1. The summed E-state index contributed by atoms with van der Waals surface area (Å²) in [4.78, 5) is 35.4. The number of allylic oxidation sites excluding steroid dienone is 1. The molecule has 1 unspecified atom stereocenters. The number of carbonyl (C=O) groups is 3. The smallest absolute Gasteiger partial charge is 0.372 e. The molecule has 2 aliphatic rings. The molecule has 2 fully saturated rings. The fourth-order valence-electron chi connectivity index (χ4n) is 4.77. The SMILES string of the molecule is C=CCC1C[C@H](c2cccc(Cl)c2)[C@@H](c2ccc(Cl)cc2)N(CC2CC2)C1=O.CCCC(=O)C(=O)O. The molecule has 1 saturated carbocycles.